The van der Waals surface area contributed by atoms with Gasteiger partial charge in [-0.15, -0.1) is 0 Å². The van der Waals surface area contributed by atoms with Crippen molar-refractivity contribution in [2.45, 2.75) is 53.0 Å². The summed E-state index contributed by atoms with van der Waals surface area (Å²) in [6, 6.07) is 9.34. The molecule has 1 aromatic carbocycles. The molecule has 0 saturated carbocycles. The van der Waals surface area contributed by atoms with Gasteiger partial charge in [0.25, 0.3) is 0 Å². The Balaban J connectivity index is 2.97. The van der Waals surface area contributed by atoms with Crippen molar-refractivity contribution in [1.29, 1.82) is 0 Å². The molecule has 0 aromatic heterocycles. The molecule has 0 aliphatic rings. The third kappa shape index (κ3) is 4.54. The highest BCUT2D eigenvalue weighted by Crippen LogP contribution is 2.28. The van der Waals surface area contributed by atoms with Gasteiger partial charge in [-0.3, -0.25) is 0 Å². The Bertz CT molecular complexity index is 349. The van der Waals surface area contributed by atoms with E-state index in [1.54, 1.807) is 0 Å². The topological polar surface area (TPSA) is 15.3 Å². The summed E-state index contributed by atoms with van der Waals surface area (Å²) in [7, 11) is 0. The van der Waals surface area contributed by atoms with E-state index < -0.39 is 0 Å². The van der Waals surface area contributed by atoms with Crippen LogP contribution in [0.4, 0.5) is 5.69 Å². The molecule has 2 heteroatoms. The summed E-state index contributed by atoms with van der Waals surface area (Å²) in [5.74, 6) is 0. The van der Waals surface area contributed by atoms with Crippen molar-refractivity contribution in [3.8, 4) is 0 Å². The maximum absolute atomic E-state index is 3.60. The second-order valence-corrected chi connectivity index (χ2v) is 5.01. The van der Waals surface area contributed by atoms with E-state index in [2.05, 4.69) is 62.2 Å². The van der Waals surface area contributed by atoms with Gasteiger partial charge in [0.1, 0.15) is 0 Å². The Morgan fingerprint density at radius 3 is 2.42 bits per heavy atom. The molecule has 0 saturated heterocycles. The van der Waals surface area contributed by atoms with E-state index in [4.69, 9.17) is 0 Å². The Kier molecular flexibility index (Phi) is 7.57. The highest BCUT2D eigenvalue weighted by Gasteiger charge is 2.15. The summed E-state index contributed by atoms with van der Waals surface area (Å²) in [6.45, 7) is 12.2. The second-order valence-electron chi connectivity index (χ2n) is 5.01. The summed E-state index contributed by atoms with van der Waals surface area (Å²) in [6.07, 6.45) is 3.65. The summed E-state index contributed by atoms with van der Waals surface area (Å²) >= 11 is 0. The number of nitrogens with one attached hydrogen (secondary N) is 1. The fourth-order valence-corrected chi connectivity index (χ4v) is 2.59. The van der Waals surface area contributed by atoms with Gasteiger partial charge in [0.15, 0.2) is 0 Å². The first-order chi connectivity index (χ1) is 9.28. The van der Waals surface area contributed by atoms with Gasteiger partial charge in [0, 0.05) is 24.8 Å². The zero-order valence-electron chi connectivity index (χ0n) is 13.1. The fraction of sp³-hybridized carbons (Fsp3) is 0.647. The first-order valence-electron chi connectivity index (χ1n) is 7.85. The smallest absolute Gasteiger partial charge is 0.0414 e. The second kappa shape index (κ2) is 8.98. The Labute approximate surface area is 119 Å². The van der Waals surface area contributed by atoms with E-state index in [1.165, 1.54) is 24.1 Å². The molecule has 0 aliphatic heterocycles. The maximum Gasteiger partial charge on any atom is 0.0414 e. The Hall–Kier alpha value is -1.02. The molecule has 1 unspecified atom stereocenters. The average Bonchev–Trinajstić information content (AvgIpc) is 2.46. The van der Waals surface area contributed by atoms with Crippen LogP contribution in [-0.4, -0.2) is 19.6 Å². The van der Waals surface area contributed by atoms with Gasteiger partial charge in [0.2, 0.25) is 0 Å². The van der Waals surface area contributed by atoms with Crippen molar-refractivity contribution in [2.75, 3.05) is 24.5 Å². The predicted molar refractivity (Wildman–Crippen MR) is 85.9 cm³/mol. The van der Waals surface area contributed by atoms with E-state index in [0.717, 1.165) is 26.1 Å². The number of hydrogen-bond acceptors (Lipinski definition) is 2. The van der Waals surface area contributed by atoms with Gasteiger partial charge >= 0.3 is 0 Å². The van der Waals surface area contributed by atoms with E-state index in [9.17, 15) is 0 Å². The first-order valence-corrected chi connectivity index (χ1v) is 7.85. The van der Waals surface area contributed by atoms with Crippen LogP contribution in [0, 0.1) is 0 Å². The van der Waals surface area contributed by atoms with E-state index in [-0.39, 0.29) is 0 Å². The van der Waals surface area contributed by atoms with Crippen LogP contribution in [-0.2, 0) is 0 Å². The molecule has 2 nitrogen and oxygen atoms in total. The molecule has 0 heterocycles. The highest BCUT2D eigenvalue weighted by molar-refractivity contribution is 5.55. The lowest BCUT2D eigenvalue weighted by atomic mass is 10.0. The number of unbranched alkanes of at least 4 members (excludes halogenated alkanes) is 1. The van der Waals surface area contributed by atoms with Crippen LogP contribution in [0.5, 0.6) is 0 Å². The molecule has 0 bridgehead atoms. The Morgan fingerprint density at radius 1 is 1.11 bits per heavy atom. The van der Waals surface area contributed by atoms with E-state index >= 15 is 0 Å². The molecule has 0 amide bonds. The SMILES string of the molecule is CCCCN(CC)c1ccccc1C(CC)NCC. The van der Waals surface area contributed by atoms with Gasteiger partial charge in [-0.05, 0) is 37.9 Å². The minimum absolute atomic E-state index is 0.469. The zero-order valence-corrected chi connectivity index (χ0v) is 13.1. The largest absolute Gasteiger partial charge is 0.372 e. The lowest BCUT2D eigenvalue weighted by Gasteiger charge is -2.29. The number of rotatable bonds is 9. The zero-order chi connectivity index (χ0) is 14.1. The van der Waals surface area contributed by atoms with E-state index in [1.807, 2.05) is 0 Å². The van der Waals surface area contributed by atoms with Crippen molar-refractivity contribution in [3.05, 3.63) is 29.8 Å². The summed E-state index contributed by atoms with van der Waals surface area (Å²) in [4.78, 5) is 2.51. The van der Waals surface area contributed by atoms with Crippen molar-refractivity contribution >= 4 is 5.69 Å². The molecule has 108 valence electrons. The summed E-state index contributed by atoms with van der Waals surface area (Å²) in [5.41, 5.74) is 2.86. The minimum atomic E-state index is 0.469. The summed E-state index contributed by atoms with van der Waals surface area (Å²) < 4.78 is 0. The van der Waals surface area contributed by atoms with Crippen LogP contribution in [0.3, 0.4) is 0 Å². The number of nitrogens with zero attached hydrogens (tertiary/aromatic N) is 1. The van der Waals surface area contributed by atoms with Crippen LogP contribution in [0.2, 0.25) is 0 Å². The van der Waals surface area contributed by atoms with Gasteiger partial charge in [-0.25, -0.2) is 0 Å². The monoisotopic (exact) mass is 262 g/mol. The average molecular weight is 262 g/mol. The van der Waals surface area contributed by atoms with Crippen LogP contribution >= 0.6 is 0 Å². The minimum Gasteiger partial charge on any atom is -0.372 e. The van der Waals surface area contributed by atoms with Crippen molar-refractivity contribution in [2.24, 2.45) is 0 Å². The third-order valence-electron chi connectivity index (χ3n) is 3.67. The molecular weight excluding hydrogens is 232 g/mol. The van der Waals surface area contributed by atoms with Crippen molar-refractivity contribution in [1.82, 2.24) is 5.32 Å². The molecule has 1 rings (SSSR count). The van der Waals surface area contributed by atoms with E-state index in [0.29, 0.717) is 6.04 Å². The quantitative estimate of drug-likeness (QED) is 0.710. The molecule has 1 aromatic rings. The first kappa shape index (κ1) is 16.0. The predicted octanol–water partition coefficient (Wildman–Crippen LogP) is 4.37. The molecule has 0 radical (unpaired) electrons. The van der Waals surface area contributed by atoms with Crippen LogP contribution in [0.1, 0.15) is 58.6 Å². The Morgan fingerprint density at radius 2 is 1.84 bits per heavy atom. The molecule has 0 spiro atoms. The van der Waals surface area contributed by atoms with Crippen molar-refractivity contribution in [3.63, 3.8) is 0 Å². The van der Waals surface area contributed by atoms with Gasteiger partial charge in [-0.2, -0.15) is 0 Å². The number of anilines is 1. The molecule has 0 fully saturated rings. The van der Waals surface area contributed by atoms with Crippen molar-refractivity contribution < 1.29 is 0 Å². The highest BCUT2D eigenvalue weighted by atomic mass is 15.1. The lowest BCUT2D eigenvalue weighted by molar-refractivity contribution is 0.536. The molecule has 19 heavy (non-hydrogen) atoms. The van der Waals surface area contributed by atoms with Crippen LogP contribution in [0.15, 0.2) is 24.3 Å². The van der Waals surface area contributed by atoms with Gasteiger partial charge in [0.05, 0.1) is 0 Å². The van der Waals surface area contributed by atoms with Crippen LogP contribution < -0.4 is 10.2 Å². The molecule has 1 atom stereocenters. The number of benzene rings is 1. The normalized spacial score (nSPS) is 12.4. The number of para-hydroxylation sites is 1. The van der Waals surface area contributed by atoms with Crippen LogP contribution in [0.25, 0.3) is 0 Å². The standard InChI is InChI=1S/C17H30N2/c1-5-9-14-19(8-4)17-13-11-10-12-15(17)16(6-2)18-7-3/h10-13,16,18H,5-9,14H2,1-4H3. The maximum atomic E-state index is 3.60. The molecule has 1 N–H and O–H groups in total. The van der Waals surface area contributed by atoms with Gasteiger partial charge in [-0.1, -0.05) is 45.4 Å². The summed E-state index contributed by atoms with van der Waals surface area (Å²) in [5, 5.41) is 3.60. The van der Waals surface area contributed by atoms with Gasteiger partial charge < -0.3 is 10.2 Å². The molecular formula is C17H30N2. The fourth-order valence-electron chi connectivity index (χ4n) is 2.59. The third-order valence-corrected chi connectivity index (χ3v) is 3.67. The molecule has 0 aliphatic carbocycles. The number of hydrogen-bond donors (Lipinski definition) is 1. The lowest BCUT2D eigenvalue weighted by Crippen LogP contribution is -2.28.